The van der Waals surface area contributed by atoms with Crippen molar-refractivity contribution in [2.45, 2.75) is 5.92 Å². The molecule has 2 unspecified atom stereocenters. The van der Waals surface area contributed by atoms with E-state index in [9.17, 15) is 22.8 Å². The summed E-state index contributed by atoms with van der Waals surface area (Å²) >= 11 is 0. The van der Waals surface area contributed by atoms with Crippen LogP contribution in [0.25, 0.3) is 0 Å². The number of nitrogens with one attached hydrogen (secondary N) is 1. The summed E-state index contributed by atoms with van der Waals surface area (Å²) in [7, 11) is 4.08. The molecule has 29 heavy (non-hydrogen) atoms. The molecule has 6 nitrogen and oxygen atoms in total. The van der Waals surface area contributed by atoms with Gasteiger partial charge in [-0.3, -0.25) is 9.59 Å². The third-order valence-electron chi connectivity index (χ3n) is 4.90. The van der Waals surface area contributed by atoms with E-state index in [0.717, 1.165) is 6.07 Å². The van der Waals surface area contributed by atoms with Crippen molar-refractivity contribution in [1.29, 1.82) is 0 Å². The standard InChI is InChI=1S/C20H19F3N2O4/c1-25-9-11(10-7-14(28-2)18(23)15(8-10)29-3)16(20(25)27)19(26)24-13-6-4-5-12(21)17(13)22/h4-8,11,16H,9H2,1-3H3,(H,24,26). The normalized spacial score (nSPS) is 18.7. The molecule has 154 valence electrons. The summed E-state index contributed by atoms with van der Waals surface area (Å²) in [6, 6.07) is 6.12. The molecule has 0 aliphatic carbocycles. The zero-order chi connectivity index (χ0) is 21.3. The number of benzene rings is 2. The highest BCUT2D eigenvalue weighted by atomic mass is 19.2. The number of anilines is 1. The summed E-state index contributed by atoms with van der Waals surface area (Å²) in [6.45, 7) is 0.167. The number of carbonyl (C=O) groups is 2. The number of likely N-dealkylation sites (tertiary alicyclic amines) is 1. The van der Waals surface area contributed by atoms with Crippen molar-refractivity contribution in [3.63, 3.8) is 0 Å². The van der Waals surface area contributed by atoms with Gasteiger partial charge in [-0.1, -0.05) is 6.07 Å². The first-order valence-corrected chi connectivity index (χ1v) is 8.69. The third-order valence-corrected chi connectivity index (χ3v) is 4.90. The number of amides is 2. The van der Waals surface area contributed by atoms with Gasteiger partial charge in [0.05, 0.1) is 19.9 Å². The molecule has 0 spiro atoms. The fourth-order valence-corrected chi connectivity index (χ4v) is 3.41. The summed E-state index contributed by atoms with van der Waals surface area (Å²) in [6.07, 6.45) is 0. The van der Waals surface area contributed by atoms with E-state index in [-0.39, 0.29) is 23.7 Å². The topological polar surface area (TPSA) is 67.9 Å². The summed E-state index contributed by atoms with van der Waals surface area (Å²) in [5.41, 5.74) is 0.0723. The molecule has 0 saturated carbocycles. The minimum absolute atomic E-state index is 0.100. The van der Waals surface area contributed by atoms with Crippen molar-refractivity contribution < 1.29 is 32.2 Å². The van der Waals surface area contributed by atoms with Crippen LogP contribution < -0.4 is 14.8 Å². The van der Waals surface area contributed by atoms with E-state index in [0.29, 0.717) is 5.56 Å². The van der Waals surface area contributed by atoms with Crippen molar-refractivity contribution in [2.24, 2.45) is 5.92 Å². The maximum atomic E-state index is 14.2. The lowest BCUT2D eigenvalue weighted by Crippen LogP contribution is -2.33. The van der Waals surface area contributed by atoms with Crippen LogP contribution in [0.2, 0.25) is 0 Å². The van der Waals surface area contributed by atoms with E-state index in [1.165, 1.54) is 50.4 Å². The number of nitrogens with zero attached hydrogens (tertiary/aromatic N) is 1. The molecule has 1 fully saturated rings. The fourth-order valence-electron chi connectivity index (χ4n) is 3.41. The SMILES string of the molecule is COc1cc(C2CN(C)C(=O)C2C(=O)Nc2cccc(F)c2F)cc(OC)c1F. The van der Waals surface area contributed by atoms with Crippen LogP contribution in [0.1, 0.15) is 11.5 Å². The van der Waals surface area contributed by atoms with Gasteiger partial charge in [0.1, 0.15) is 5.92 Å². The van der Waals surface area contributed by atoms with Crippen LogP contribution in [0.15, 0.2) is 30.3 Å². The second-order valence-corrected chi connectivity index (χ2v) is 6.63. The highest BCUT2D eigenvalue weighted by Crippen LogP contribution is 2.39. The number of likely N-dealkylation sites (N-methyl/N-ethyl adjacent to an activating group) is 1. The van der Waals surface area contributed by atoms with Crippen molar-refractivity contribution in [2.75, 3.05) is 33.1 Å². The van der Waals surface area contributed by atoms with Crippen LogP contribution in [0, 0.1) is 23.4 Å². The Balaban J connectivity index is 1.98. The molecule has 1 aliphatic heterocycles. The molecule has 2 atom stereocenters. The minimum Gasteiger partial charge on any atom is -0.494 e. The zero-order valence-corrected chi connectivity index (χ0v) is 16.0. The van der Waals surface area contributed by atoms with Gasteiger partial charge in [-0.25, -0.2) is 8.78 Å². The van der Waals surface area contributed by atoms with Crippen LogP contribution in [-0.4, -0.2) is 44.5 Å². The lowest BCUT2D eigenvalue weighted by atomic mass is 9.87. The molecule has 0 bridgehead atoms. The number of hydrogen-bond donors (Lipinski definition) is 1. The Bertz CT molecular complexity index is 942. The molecule has 3 rings (SSSR count). The minimum atomic E-state index is -1.22. The molecule has 1 aliphatic rings. The first-order valence-electron chi connectivity index (χ1n) is 8.69. The van der Waals surface area contributed by atoms with Crippen LogP contribution >= 0.6 is 0 Å². The van der Waals surface area contributed by atoms with Crippen molar-refractivity contribution in [3.05, 3.63) is 53.3 Å². The van der Waals surface area contributed by atoms with Crippen LogP contribution in [0.5, 0.6) is 11.5 Å². The second-order valence-electron chi connectivity index (χ2n) is 6.63. The molecule has 9 heteroatoms. The van der Waals surface area contributed by atoms with Crippen molar-refractivity contribution in [1.82, 2.24) is 4.90 Å². The van der Waals surface area contributed by atoms with Gasteiger partial charge in [-0.15, -0.1) is 0 Å². The van der Waals surface area contributed by atoms with Crippen molar-refractivity contribution in [3.8, 4) is 11.5 Å². The number of hydrogen-bond acceptors (Lipinski definition) is 4. The molecule has 1 N–H and O–H groups in total. The Morgan fingerprint density at radius 1 is 1.10 bits per heavy atom. The third kappa shape index (κ3) is 3.72. The molecule has 0 aromatic heterocycles. The van der Waals surface area contributed by atoms with Gasteiger partial charge in [-0.05, 0) is 29.8 Å². The van der Waals surface area contributed by atoms with E-state index in [1.54, 1.807) is 0 Å². The Morgan fingerprint density at radius 2 is 1.72 bits per heavy atom. The van der Waals surface area contributed by atoms with Crippen LogP contribution in [0.3, 0.4) is 0 Å². The molecule has 0 radical (unpaired) electrons. The number of halogens is 3. The predicted molar refractivity (Wildman–Crippen MR) is 98.4 cm³/mol. The van der Waals surface area contributed by atoms with Gasteiger partial charge in [0.15, 0.2) is 23.1 Å². The number of ether oxygens (including phenoxy) is 2. The molecule has 1 saturated heterocycles. The molecule has 2 aromatic carbocycles. The van der Waals surface area contributed by atoms with Gasteiger partial charge in [0.2, 0.25) is 17.6 Å². The lowest BCUT2D eigenvalue weighted by Gasteiger charge is -2.19. The Labute approximate surface area is 165 Å². The first-order chi connectivity index (χ1) is 13.8. The highest BCUT2D eigenvalue weighted by Gasteiger charge is 2.45. The van der Waals surface area contributed by atoms with E-state index in [4.69, 9.17) is 9.47 Å². The molecule has 2 aromatic rings. The Morgan fingerprint density at radius 3 is 2.31 bits per heavy atom. The summed E-state index contributed by atoms with van der Waals surface area (Å²) in [4.78, 5) is 26.8. The number of rotatable bonds is 5. The average molecular weight is 408 g/mol. The van der Waals surface area contributed by atoms with E-state index in [1.807, 2.05) is 0 Å². The van der Waals surface area contributed by atoms with Gasteiger partial charge in [0.25, 0.3) is 0 Å². The van der Waals surface area contributed by atoms with Gasteiger partial charge in [-0.2, -0.15) is 4.39 Å². The average Bonchev–Trinajstić information content (AvgIpc) is 3.00. The van der Waals surface area contributed by atoms with Crippen LogP contribution in [0.4, 0.5) is 18.9 Å². The Kier molecular flexibility index (Phi) is 5.67. The molecule has 2 amide bonds. The molecular weight excluding hydrogens is 389 g/mol. The Hall–Kier alpha value is -3.23. The zero-order valence-electron chi connectivity index (χ0n) is 16.0. The van der Waals surface area contributed by atoms with E-state index in [2.05, 4.69) is 5.32 Å². The monoisotopic (exact) mass is 408 g/mol. The van der Waals surface area contributed by atoms with Gasteiger partial charge in [0, 0.05) is 19.5 Å². The maximum absolute atomic E-state index is 14.2. The molecule has 1 heterocycles. The van der Waals surface area contributed by atoms with Gasteiger partial charge >= 0.3 is 0 Å². The lowest BCUT2D eigenvalue weighted by molar-refractivity contribution is -0.135. The number of methoxy groups -OCH3 is 2. The summed E-state index contributed by atoms with van der Waals surface area (Å²) < 4.78 is 51.6. The number of carbonyl (C=O) groups excluding carboxylic acids is 2. The van der Waals surface area contributed by atoms with Crippen LogP contribution in [-0.2, 0) is 9.59 Å². The first kappa shape index (κ1) is 20.5. The smallest absolute Gasteiger partial charge is 0.237 e. The second kappa shape index (κ2) is 8.02. The maximum Gasteiger partial charge on any atom is 0.237 e. The highest BCUT2D eigenvalue weighted by molar-refractivity contribution is 6.08. The fraction of sp³-hybridized carbons (Fsp3) is 0.300. The van der Waals surface area contributed by atoms with Crippen molar-refractivity contribution >= 4 is 17.5 Å². The molecular formula is C20H19F3N2O4. The largest absolute Gasteiger partial charge is 0.494 e. The summed E-state index contributed by atoms with van der Waals surface area (Å²) in [5, 5.41) is 2.27. The van der Waals surface area contributed by atoms with E-state index < -0.39 is 41.1 Å². The van der Waals surface area contributed by atoms with E-state index >= 15 is 0 Å². The summed E-state index contributed by atoms with van der Waals surface area (Å²) in [5.74, 6) is -6.44. The quantitative estimate of drug-likeness (QED) is 0.773. The van der Waals surface area contributed by atoms with Gasteiger partial charge < -0.3 is 19.7 Å². The predicted octanol–water partition coefficient (Wildman–Crippen LogP) is 2.93.